The third kappa shape index (κ3) is 4.33. The van der Waals surface area contributed by atoms with Crippen LogP contribution in [0.5, 0.6) is 0 Å². The normalized spacial score (nSPS) is 14.6. The fourth-order valence-electron chi connectivity index (χ4n) is 2.61. The van der Waals surface area contributed by atoms with Crippen molar-refractivity contribution in [2.24, 2.45) is 11.7 Å². The zero-order valence-corrected chi connectivity index (χ0v) is 13.6. The number of nitrogens with two attached hydrogens (primary N) is 1. The maximum absolute atomic E-state index is 12.2. The van der Waals surface area contributed by atoms with Crippen LogP contribution in [0.2, 0.25) is 0 Å². The molecule has 1 aliphatic rings. The van der Waals surface area contributed by atoms with E-state index in [-0.39, 0.29) is 23.2 Å². The first-order valence-electron chi connectivity index (χ1n) is 8.19. The van der Waals surface area contributed by atoms with E-state index in [0.29, 0.717) is 18.2 Å². The number of nitrogens with zero attached hydrogens (tertiary/aromatic N) is 1. The molecular weight excluding hydrogens is 320 g/mol. The van der Waals surface area contributed by atoms with Gasteiger partial charge in [0.2, 0.25) is 0 Å². The summed E-state index contributed by atoms with van der Waals surface area (Å²) >= 11 is 0. The van der Waals surface area contributed by atoms with E-state index in [9.17, 15) is 14.9 Å². The van der Waals surface area contributed by atoms with Gasteiger partial charge in [-0.05, 0) is 43.0 Å². The lowest BCUT2D eigenvalue weighted by Gasteiger charge is -2.12. The summed E-state index contributed by atoms with van der Waals surface area (Å²) < 4.78 is 0. The minimum absolute atomic E-state index is 0.0574. The smallest absolute Gasteiger partial charge is 0.293 e. The average Bonchev–Trinajstić information content (AvgIpc) is 3.45. The number of amides is 1. The zero-order chi connectivity index (χ0) is 17.8. The number of hydrogen-bond acceptors (Lipinski definition) is 5. The third-order valence-electron chi connectivity index (χ3n) is 4.24. The first kappa shape index (κ1) is 16.9. The van der Waals surface area contributed by atoms with Gasteiger partial charge in [-0.3, -0.25) is 14.9 Å². The second kappa shape index (κ2) is 7.31. The van der Waals surface area contributed by atoms with Crippen LogP contribution in [0.25, 0.3) is 0 Å². The van der Waals surface area contributed by atoms with Crippen molar-refractivity contribution < 1.29 is 9.72 Å². The monoisotopic (exact) mass is 340 g/mol. The standard InChI is InChI=1S/C18H20N4O3/c19-15(12-6-7-12)11-20-18(23)13-8-9-16(17(10-13)22(24)25)21-14-4-2-1-3-5-14/h1-5,8-10,12,15,21H,6-7,11,19H2,(H,20,23). The second-order valence-corrected chi connectivity index (χ2v) is 6.19. The topological polar surface area (TPSA) is 110 Å². The molecule has 0 spiro atoms. The summed E-state index contributed by atoms with van der Waals surface area (Å²) in [7, 11) is 0. The van der Waals surface area contributed by atoms with E-state index >= 15 is 0 Å². The number of carbonyl (C=O) groups is 1. The molecule has 2 aromatic carbocycles. The van der Waals surface area contributed by atoms with Gasteiger partial charge in [0.1, 0.15) is 5.69 Å². The summed E-state index contributed by atoms with van der Waals surface area (Å²) in [6.45, 7) is 0.376. The fraction of sp³-hybridized carbons (Fsp3) is 0.278. The minimum Gasteiger partial charge on any atom is -0.350 e. The van der Waals surface area contributed by atoms with Crippen LogP contribution < -0.4 is 16.4 Å². The van der Waals surface area contributed by atoms with Gasteiger partial charge in [0, 0.05) is 29.9 Å². The van der Waals surface area contributed by atoms with Crippen LogP contribution in [0.15, 0.2) is 48.5 Å². The highest BCUT2D eigenvalue weighted by atomic mass is 16.6. The number of anilines is 2. The number of nitrogens with one attached hydrogen (secondary N) is 2. The van der Waals surface area contributed by atoms with Crippen molar-refractivity contribution in [1.29, 1.82) is 0 Å². The van der Waals surface area contributed by atoms with Crippen molar-refractivity contribution in [3.05, 3.63) is 64.2 Å². The van der Waals surface area contributed by atoms with Crippen LogP contribution in [-0.2, 0) is 0 Å². The first-order chi connectivity index (χ1) is 12.0. The van der Waals surface area contributed by atoms with E-state index in [1.807, 2.05) is 30.3 Å². The molecule has 1 atom stereocenters. The van der Waals surface area contributed by atoms with Gasteiger partial charge in [-0.15, -0.1) is 0 Å². The van der Waals surface area contributed by atoms with Crippen LogP contribution in [0.4, 0.5) is 17.1 Å². The Bertz CT molecular complexity index is 775. The Labute approximate surface area is 145 Å². The van der Waals surface area contributed by atoms with Crippen LogP contribution >= 0.6 is 0 Å². The summed E-state index contributed by atoms with van der Waals surface area (Å²) in [6.07, 6.45) is 2.20. The van der Waals surface area contributed by atoms with Crippen LogP contribution in [0, 0.1) is 16.0 Å². The number of hydrogen-bond donors (Lipinski definition) is 3. The third-order valence-corrected chi connectivity index (χ3v) is 4.24. The molecule has 1 saturated carbocycles. The summed E-state index contributed by atoms with van der Waals surface area (Å²) in [5, 5.41) is 17.1. The van der Waals surface area contributed by atoms with E-state index in [0.717, 1.165) is 18.5 Å². The van der Waals surface area contributed by atoms with Gasteiger partial charge >= 0.3 is 0 Å². The Hall–Kier alpha value is -2.93. The highest BCUT2D eigenvalue weighted by molar-refractivity contribution is 5.96. The summed E-state index contributed by atoms with van der Waals surface area (Å²) in [6, 6.07) is 13.5. The molecule has 0 aromatic heterocycles. The van der Waals surface area contributed by atoms with E-state index in [1.54, 1.807) is 12.1 Å². The Kier molecular flexibility index (Phi) is 4.95. The Morgan fingerprint density at radius 2 is 1.96 bits per heavy atom. The lowest BCUT2D eigenvalue weighted by molar-refractivity contribution is -0.383. The van der Waals surface area contributed by atoms with Crippen molar-refractivity contribution >= 4 is 23.0 Å². The number of nitro benzene ring substituents is 1. The van der Waals surface area contributed by atoms with E-state index in [4.69, 9.17) is 5.73 Å². The van der Waals surface area contributed by atoms with Crippen molar-refractivity contribution in [2.45, 2.75) is 18.9 Å². The average molecular weight is 340 g/mol. The van der Waals surface area contributed by atoms with Gasteiger partial charge in [-0.2, -0.15) is 0 Å². The quantitative estimate of drug-likeness (QED) is 0.530. The number of rotatable bonds is 7. The molecule has 1 fully saturated rings. The largest absolute Gasteiger partial charge is 0.350 e. The molecule has 0 aliphatic heterocycles. The van der Waals surface area contributed by atoms with Gasteiger partial charge in [0.15, 0.2) is 0 Å². The predicted octanol–water partition coefficient (Wildman–Crippen LogP) is 2.81. The maximum atomic E-state index is 12.2. The van der Waals surface area contributed by atoms with Crippen molar-refractivity contribution in [2.75, 3.05) is 11.9 Å². The highest BCUT2D eigenvalue weighted by Gasteiger charge is 2.28. The second-order valence-electron chi connectivity index (χ2n) is 6.19. The Morgan fingerprint density at radius 3 is 2.60 bits per heavy atom. The van der Waals surface area contributed by atoms with Gasteiger partial charge in [0.25, 0.3) is 11.6 Å². The van der Waals surface area contributed by atoms with Crippen molar-refractivity contribution in [3.63, 3.8) is 0 Å². The van der Waals surface area contributed by atoms with Gasteiger partial charge < -0.3 is 16.4 Å². The van der Waals surface area contributed by atoms with Crippen molar-refractivity contribution in [3.8, 4) is 0 Å². The highest BCUT2D eigenvalue weighted by Crippen LogP contribution is 2.31. The fourth-order valence-corrected chi connectivity index (χ4v) is 2.61. The van der Waals surface area contributed by atoms with Crippen LogP contribution in [0.1, 0.15) is 23.2 Å². The molecule has 0 radical (unpaired) electrons. The first-order valence-corrected chi connectivity index (χ1v) is 8.19. The molecule has 1 amide bonds. The lowest BCUT2D eigenvalue weighted by Crippen LogP contribution is -2.38. The lowest BCUT2D eigenvalue weighted by atomic mass is 10.1. The van der Waals surface area contributed by atoms with Crippen LogP contribution in [-0.4, -0.2) is 23.4 Å². The molecule has 0 saturated heterocycles. The minimum atomic E-state index is -0.502. The number of carbonyl (C=O) groups excluding carboxylic acids is 1. The zero-order valence-electron chi connectivity index (χ0n) is 13.6. The number of nitro groups is 1. The van der Waals surface area contributed by atoms with Gasteiger partial charge in [-0.1, -0.05) is 18.2 Å². The van der Waals surface area contributed by atoms with Crippen LogP contribution in [0.3, 0.4) is 0 Å². The molecule has 2 aromatic rings. The predicted molar refractivity (Wildman–Crippen MR) is 95.9 cm³/mol. The van der Waals surface area contributed by atoms with E-state index in [1.165, 1.54) is 6.07 Å². The Balaban J connectivity index is 1.73. The maximum Gasteiger partial charge on any atom is 0.293 e. The van der Waals surface area contributed by atoms with Gasteiger partial charge in [0.05, 0.1) is 4.92 Å². The van der Waals surface area contributed by atoms with E-state index in [2.05, 4.69) is 10.6 Å². The molecular formula is C18H20N4O3. The summed E-state index contributed by atoms with van der Waals surface area (Å²) in [5.74, 6) is 0.123. The molecule has 130 valence electrons. The van der Waals surface area contributed by atoms with E-state index < -0.39 is 4.92 Å². The number of para-hydroxylation sites is 1. The molecule has 7 heteroatoms. The van der Waals surface area contributed by atoms with Crippen molar-refractivity contribution in [1.82, 2.24) is 5.32 Å². The summed E-state index contributed by atoms with van der Waals surface area (Å²) in [4.78, 5) is 23.1. The molecule has 0 heterocycles. The molecule has 7 nitrogen and oxygen atoms in total. The molecule has 3 rings (SSSR count). The SMILES string of the molecule is NC(CNC(=O)c1ccc(Nc2ccccc2)c([N+](=O)[O-])c1)C1CC1. The molecule has 1 unspecified atom stereocenters. The molecule has 4 N–H and O–H groups in total. The summed E-state index contributed by atoms with van der Waals surface area (Å²) in [5.41, 5.74) is 7.12. The molecule has 1 aliphatic carbocycles. The Morgan fingerprint density at radius 1 is 1.24 bits per heavy atom. The molecule has 25 heavy (non-hydrogen) atoms. The molecule has 0 bridgehead atoms. The van der Waals surface area contributed by atoms with Gasteiger partial charge in [-0.25, -0.2) is 0 Å². The number of benzene rings is 2.